The van der Waals surface area contributed by atoms with Gasteiger partial charge in [-0.3, -0.25) is 4.79 Å². The highest BCUT2D eigenvalue weighted by molar-refractivity contribution is 5.95. The van der Waals surface area contributed by atoms with Crippen molar-refractivity contribution in [1.29, 1.82) is 0 Å². The molecule has 4 nitrogen and oxygen atoms in total. The van der Waals surface area contributed by atoms with Gasteiger partial charge in [-0.25, -0.2) is 0 Å². The van der Waals surface area contributed by atoms with Crippen LogP contribution < -0.4 is 10.1 Å². The molecule has 24 heavy (non-hydrogen) atoms. The molecule has 1 N–H and O–H groups in total. The van der Waals surface area contributed by atoms with Crippen LogP contribution in [-0.4, -0.2) is 36.0 Å². The van der Waals surface area contributed by atoms with Gasteiger partial charge in [-0.1, -0.05) is 36.4 Å². The highest BCUT2D eigenvalue weighted by Crippen LogP contribution is 2.43. The second kappa shape index (κ2) is 6.29. The van der Waals surface area contributed by atoms with E-state index in [4.69, 9.17) is 4.74 Å². The lowest BCUT2D eigenvalue weighted by atomic mass is 10.1. The third-order valence-corrected chi connectivity index (χ3v) is 4.94. The summed E-state index contributed by atoms with van der Waals surface area (Å²) in [6.07, 6.45) is 2.21. The van der Waals surface area contributed by atoms with E-state index in [2.05, 4.69) is 10.2 Å². The summed E-state index contributed by atoms with van der Waals surface area (Å²) >= 11 is 0. The van der Waals surface area contributed by atoms with Crippen molar-refractivity contribution in [3.05, 3.63) is 65.7 Å². The zero-order valence-corrected chi connectivity index (χ0v) is 13.7. The van der Waals surface area contributed by atoms with Crippen LogP contribution >= 0.6 is 0 Å². The van der Waals surface area contributed by atoms with Gasteiger partial charge in [0.15, 0.2) is 0 Å². The summed E-state index contributed by atoms with van der Waals surface area (Å²) in [5, 5.41) is 3.41. The van der Waals surface area contributed by atoms with Gasteiger partial charge in [0.2, 0.25) is 0 Å². The van der Waals surface area contributed by atoms with Crippen LogP contribution in [0.15, 0.2) is 54.6 Å². The number of hydrogen-bond donors (Lipinski definition) is 1. The molecule has 4 rings (SSSR count). The molecule has 0 bridgehead atoms. The maximum absolute atomic E-state index is 12.9. The highest BCUT2D eigenvalue weighted by atomic mass is 16.5. The number of nitrogens with one attached hydrogen (secondary N) is 1. The number of carbonyl (C=O) groups excluding carboxylic acids is 1. The molecule has 0 aromatic heterocycles. The van der Waals surface area contributed by atoms with Crippen molar-refractivity contribution in [2.45, 2.75) is 25.0 Å². The summed E-state index contributed by atoms with van der Waals surface area (Å²) in [6.45, 7) is 3.09. The van der Waals surface area contributed by atoms with E-state index in [1.54, 1.807) is 0 Å². The van der Waals surface area contributed by atoms with Gasteiger partial charge in [0, 0.05) is 25.2 Å². The molecule has 1 saturated heterocycles. The fourth-order valence-electron chi connectivity index (χ4n) is 3.37. The number of hydrogen-bond acceptors (Lipinski definition) is 3. The third kappa shape index (κ3) is 3.02. The number of ether oxygens (including phenoxy) is 1. The van der Waals surface area contributed by atoms with Crippen LogP contribution in [0.5, 0.6) is 5.75 Å². The van der Waals surface area contributed by atoms with E-state index in [9.17, 15) is 4.79 Å². The number of nitrogens with zero attached hydrogens (tertiary/aromatic N) is 1. The van der Waals surface area contributed by atoms with Gasteiger partial charge in [-0.15, -0.1) is 0 Å². The van der Waals surface area contributed by atoms with Gasteiger partial charge < -0.3 is 15.0 Å². The Balaban J connectivity index is 1.47. The molecule has 2 aromatic rings. The average Bonchev–Trinajstić information content (AvgIpc) is 3.40. The van der Waals surface area contributed by atoms with Crippen molar-refractivity contribution < 1.29 is 9.53 Å². The molecule has 1 amide bonds. The molecule has 1 saturated carbocycles. The minimum absolute atomic E-state index is 0.0657. The van der Waals surface area contributed by atoms with E-state index in [0.29, 0.717) is 12.2 Å². The molecule has 2 aliphatic rings. The second-order valence-electron chi connectivity index (χ2n) is 6.66. The van der Waals surface area contributed by atoms with Gasteiger partial charge in [0.05, 0.1) is 5.54 Å². The Morgan fingerprint density at radius 2 is 1.96 bits per heavy atom. The fraction of sp³-hybridized carbons (Fsp3) is 0.350. The molecular formula is C20H22N2O2. The molecule has 124 valence electrons. The van der Waals surface area contributed by atoms with Crippen molar-refractivity contribution in [3.63, 3.8) is 0 Å². The minimum atomic E-state index is 0.0657. The third-order valence-electron chi connectivity index (χ3n) is 4.94. The Kier molecular flexibility index (Phi) is 3.98. The van der Waals surface area contributed by atoms with Gasteiger partial charge in [-0.05, 0) is 36.6 Å². The van der Waals surface area contributed by atoms with Gasteiger partial charge >= 0.3 is 0 Å². The smallest absolute Gasteiger partial charge is 0.254 e. The summed E-state index contributed by atoms with van der Waals surface area (Å²) in [5.74, 6) is 0.865. The molecule has 1 aliphatic heterocycles. The van der Waals surface area contributed by atoms with E-state index in [1.165, 1.54) is 0 Å². The molecule has 1 aliphatic carbocycles. The van der Waals surface area contributed by atoms with Crippen LogP contribution in [0.1, 0.15) is 28.8 Å². The maximum Gasteiger partial charge on any atom is 0.254 e. The molecule has 2 fully saturated rings. The molecule has 0 unspecified atom stereocenters. The Labute approximate surface area is 142 Å². The summed E-state index contributed by atoms with van der Waals surface area (Å²) < 4.78 is 5.85. The summed E-state index contributed by atoms with van der Waals surface area (Å²) in [7, 11) is 0. The lowest BCUT2D eigenvalue weighted by Crippen LogP contribution is -2.55. The van der Waals surface area contributed by atoms with E-state index in [0.717, 1.165) is 43.8 Å². The highest BCUT2D eigenvalue weighted by Gasteiger charge is 2.51. The van der Waals surface area contributed by atoms with Crippen LogP contribution in [0.25, 0.3) is 0 Å². The van der Waals surface area contributed by atoms with Crippen LogP contribution in [-0.2, 0) is 6.61 Å². The Morgan fingerprint density at radius 1 is 1.12 bits per heavy atom. The molecule has 1 spiro atoms. The summed E-state index contributed by atoms with van der Waals surface area (Å²) in [5.41, 5.74) is 1.90. The lowest BCUT2D eigenvalue weighted by Gasteiger charge is -2.37. The standard InChI is InChI=1S/C20H22N2O2/c23-19(22-12-11-21-15-20(22)9-10-20)17-7-4-8-18(13-17)24-14-16-5-2-1-3-6-16/h1-8,13,21H,9-12,14-15H2. The lowest BCUT2D eigenvalue weighted by molar-refractivity contribution is 0.0600. The van der Waals surface area contributed by atoms with Gasteiger partial charge in [-0.2, -0.15) is 0 Å². The van der Waals surface area contributed by atoms with Crippen LogP contribution in [0.2, 0.25) is 0 Å². The molecular weight excluding hydrogens is 300 g/mol. The first-order chi connectivity index (χ1) is 11.8. The van der Waals surface area contributed by atoms with E-state index < -0.39 is 0 Å². The van der Waals surface area contributed by atoms with Gasteiger partial charge in [0.1, 0.15) is 12.4 Å². The van der Waals surface area contributed by atoms with Crippen LogP contribution in [0, 0.1) is 0 Å². The largest absolute Gasteiger partial charge is 0.489 e. The topological polar surface area (TPSA) is 41.6 Å². The quantitative estimate of drug-likeness (QED) is 0.941. The minimum Gasteiger partial charge on any atom is -0.489 e. The normalized spacial score (nSPS) is 18.4. The first-order valence-electron chi connectivity index (χ1n) is 8.56. The maximum atomic E-state index is 12.9. The first-order valence-corrected chi connectivity index (χ1v) is 8.56. The van der Waals surface area contributed by atoms with E-state index in [1.807, 2.05) is 54.6 Å². The van der Waals surface area contributed by atoms with Crippen molar-refractivity contribution in [1.82, 2.24) is 10.2 Å². The molecule has 0 atom stereocenters. The second-order valence-corrected chi connectivity index (χ2v) is 6.66. The molecule has 1 heterocycles. The Hall–Kier alpha value is -2.33. The first kappa shape index (κ1) is 15.2. The number of carbonyl (C=O) groups is 1. The van der Waals surface area contributed by atoms with E-state index >= 15 is 0 Å². The SMILES string of the molecule is O=C(c1cccc(OCc2ccccc2)c1)N1CCNCC12CC2. The number of piperazine rings is 1. The predicted octanol–water partition coefficient (Wildman–Crippen LogP) is 2.84. The van der Waals surface area contributed by atoms with Crippen LogP contribution in [0.3, 0.4) is 0 Å². The Morgan fingerprint density at radius 3 is 2.75 bits per heavy atom. The average molecular weight is 322 g/mol. The molecule has 0 radical (unpaired) electrons. The monoisotopic (exact) mass is 322 g/mol. The summed E-state index contributed by atoms with van der Waals surface area (Å²) in [6, 6.07) is 17.6. The number of benzene rings is 2. The van der Waals surface area contributed by atoms with Crippen molar-refractivity contribution >= 4 is 5.91 Å². The molecule has 2 aromatic carbocycles. The Bertz CT molecular complexity index is 725. The van der Waals surface area contributed by atoms with Crippen LogP contribution in [0.4, 0.5) is 0 Å². The summed E-state index contributed by atoms with van der Waals surface area (Å²) in [4.78, 5) is 15.0. The number of rotatable bonds is 4. The number of amides is 1. The zero-order valence-electron chi connectivity index (χ0n) is 13.7. The van der Waals surface area contributed by atoms with Gasteiger partial charge in [0.25, 0.3) is 5.91 Å². The van der Waals surface area contributed by atoms with Crippen molar-refractivity contribution in [2.75, 3.05) is 19.6 Å². The van der Waals surface area contributed by atoms with Crippen molar-refractivity contribution in [3.8, 4) is 5.75 Å². The van der Waals surface area contributed by atoms with Crippen molar-refractivity contribution in [2.24, 2.45) is 0 Å². The van der Waals surface area contributed by atoms with E-state index in [-0.39, 0.29) is 11.4 Å². The zero-order chi connectivity index (χ0) is 16.4. The molecule has 4 heteroatoms. The fourth-order valence-corrected chi connectivity index (χ4v) is 3.37. The predicted molar refractivity (Wildman–Crippen MR) is 93.1 cm³/mol.